The van der Waals surface area contributed by atoms with Crippen molar-refractivity contribution < 1.29 is 8.42 Å². The fourth-order valence-corrected chi connectivity index (χ4v) is 4.51. The minimum Gasteiger partial charge on any atom is -0.383 e. The number of nitrogens with zero attached hydrogens (tertiary/aromatic N) is 6. The first-order valence-corrected chi connectivity index (χ1v) is 12.4. The summed E-state index contributed by atoms with van der Waals surface area (Å²) in [7, 11) is 3.18. The molecule has 11 heteroatoms. The summed E-state index contributed by atoms with van der Waals surface area (Å²) in [5, 5.41) is 4.11. The summed E-state index contributed by atoms with van der Waals surface area (Å²) in [6.45, 7) is 1.54. The molecular weight excluding hydrogens is 464 g/mol. The van der Waals surface area contributed by atoms with Gasteiger partial charge in [0, 0.05) is 62.3 Å². The van der Waals surface area contributed by atoms with Gasteiger partial charge in [-0.3, -0.25) is 4.98 Å². The molecule has 0 aliphatic carbocycles. The Morgan fingerprint density at radius 3 is 2.37 bits per heavy atom. The molecule has 0 radical (unpaired) electrons. The number of likely N-dealkylation sites (N-methyl/N-ethyl adjacent to an activating group) is 1. The van der Waals surface area contributed by atoms with Crippen LogP contribution in [-0.4, -0.2) is 78.8 Å². The monoisotopic (exact) mass is 492 g/mol. The Balaban J connectivity index is 1.84. The maximum atomic E-state index is 12.7. The van der Waals surface area contributed by atoms with Crippen molar-refractivity contribution in [3.63, 3.8) is 0 Å². The van der Waals surface area contributed by atoms with Crippen LogP contribution in [-0.2, 0) is 10.0 Å². The van der Waals surface area contributed by atoms with E-state index in [0.29, 0.717) is 18.1 Å². The average molecular weight is 493 g/mol. The predicted molar refractivity (Wildman–Crippen MR) is 138 cm³/mol. The Labute approximate surface area is 204 Å². The second-order valence-corrected chi connectivity index (χ2v) is 10.6. The highest BCUT2D eigenvalue weighted by Crippen LogP contribution is 2.32. The maximum Gasteiger partial charge on any atom is 0.246 e. The second-order valence-electron chi connectivity index (χ2n) is 8.49. The standard InChI is InChI=1S/C24H28N8O2S/c1-31(2)12-11-27-24-29-20-6-5-17(13-19(20)22(30-24)16-7-9-26-10-8-16)18-14-21(23(25)28-15-18)35(33,34)32(3)4/h5-10,13-15H,11-12H2,1-4H3,(H2,25,28)(H,27,29,30). The van der Waals surface area contributed by atoms with E-state index in [1.54, 1.807) is 24.7 Å². The maximum absolute atomic E-state index is 12.7. The number of anilines is 2. The van der Waals surface area contributed by atoms with Crippen LogP contribution in [0.2, 0.25) is 0 Å². The number of rotatable bonds is 8. The zero-order valence-corrected chi connectivity index (χ0v) is 20.9. The summed E-state index contributed by atoms with van der Waals surface area (Å²) in [4.78, 5) is 19.8. The number of sulfonamides is 1. The predicted octanol–water partition coefficient (Wildman–Crippen LogP) is 2.56. The fraction of sp³-hybridized carbons (Fsp3) is 0.250. The SMILES string of the molecule is CN(C)CCNc1nc(-c2ccncc2)c2cc(-c3cnc(N)c(S(=O)(=O)N(C)C)c3)ccc2n1. The van der Waals surface area contributed by atoms with Gasteiger partial charge in [-0.2, -0.15) is 0 Å². The summed E-state index contributed by atoms with van der Waals surface area (Å²) < 4.78 is 26.6. The molecule has 3 aromatic heterocycles. The molecule has 4 aromatic rings. The van der Waals surface area contributed by atoms with Crippen molar-refractivity contribution in [1.29, 1.82) is 0 Å². The smallest absolute Gasteiger partial charge is 0.246 e. The van der Waals surface area contributed by atoms with Crippen molar-refractivity contribution >= 4 is 32.7 Å². The van der Waals surface area contributed by atoms with Crippen LogP contribution in [0.1, 0.15) is 0 Å². The first-order valence-electron chi connectivity index (χ1n) is 11.0. The van der Waals surface area contributed by atoms with Crippen LogP contribution in [0.5, 0.6) is 0 Å². The van der Waals surface area contributed by atoms with Crippen LogP contribution in [0.4, 0.5) is 11.8 Å². The number of benzene rings is 1. The summed E-state index contributed by atoms with van der Waals surface area (Å²) >= 11 is 0. The second kappa shape index (κ2) is 9.90. The van der Waals surface area contributed by atoms with Gasteiger partial charge in [0.1, 0.15) is 10.7 Å². The molecule has 10 nitrogen and oxygen atoms in total. The molecule has 0 unspecified atom stereocenters. The zero-order valence-electron chi connectivity index (χ0n) is 20.1. The quantitative estimate of drug-likeness (QED) is 0.381. The number of hydrogen-bond donors (Lipinski definition) is 2. The van der Waals surface area contributed by atoms with E-state index in [1.807, 2.05) is 44.4 Å². The van der Waals surface area contributed by atoms with Crippen molar-refractivity contribution in [3.05, 3.63) is 55.0 Å². The average Bonchev–Trinajstić information content (AvgIpc) is 2.83. The molecule has 0 aliphatic rings. The highest BCUT2D eigenvalue weighted by atomic mass is 32.2. The molecule has 182 valence electrons. The largest absolute Gasteiger partial charge is 0.383 e. The Hall–Kier alpha value is -3.67. The van der Waals surface area contributed by atoms with Gasteiger partial charge in [-0.25, -0.2) is 27.7 Å². The first-order chi connectivity index (χ1) is 16.7. The van der Waals surface area contributed by atoms with Crippen molar-refractivity contribution in [1.82, 2.24) is 29.1 Å². The van der Waals surface area contributed by atoms with E-state index in [4.69, 9.17) is 15.7 Å². The van der Waals surface area contributed by atoms with E-state index < -0.39 is 10.0 Å². The van der Waals surface area contributed by atoms with Gasteiger partial charge in [0.05, 0.1) is 11.2 Å². The van der Waals surface area contributed by atoms with Crippen molar-refractivity contribution in [2.24, 2.45) is 0 Å². The van der Waals surface area contributed by atoms with E-state index in [1.165, 1.54) is 14.1 Å². The third-order valence-corrected chi connectivity index (χ3v) is 7.31. The van der Waals surface area contributed by atoms with E-state index in [9.17, 15) is 8.42 Å². The van der Waals surface area contributed by atoms with Crippen LogP contribution in [0.3, 0.4) is 0 Å². The van der Waals surface area contributed by atoms with Crippen LogP contribution in [0.25, 0.3) is 33.3 Å². The normalized spacial score (nSPS) is 11.9. The number of fused-ring (bicyclic) bond motifs is 1. The van der Waals surface area contributed by atoms with Crippen molar-refractivity contribution in [2.45, 2.75) is 4.90 Å². The lowest BCUT2D eigenvalue weighted by atomic mass is 10.0. The molecular formula is C24H28N8O2S. The number of nitrogens with one attached hydrogen (secondary N) is 1. The lowest BCUT2D eigenvalue weighted by molar-refractivity contribution is 0.425. The summed E-state index contributed by atoms with van der Waals surface area (Å²) in [6, 6.07) is 11.0. The van der Waals surface area contributed by atoms with Gasteiger partial charge in [0.2, 0.25) is 16.0 Å². The molecule has 0 aliphatic heterocycles. The minimum atomic E-state index is -3.75. The summed E-state index contributed by atoms with van der Waals surface area (Å²) in [5.41, 5.74) is 9.69. The molecule has 0 fully saturated rings. The van der Waals surface area contributed by atoms with Gasteiger partial charge in [-0.1, -0.05) is 6.07 Å². The molecule has 35 heavy (non-hydrogen) atoms. The van der Waals surface area contributed by atoms with E-state index in [-0.39, 0.29) is 10.7 Å². The van der Waals surface area contributed by atoms with Gasteiger partial charge in [0.15, 0.2) is 0 Å². The van der Waals surface area contributed by atoms with Gasteiger partial charge in [0.25, 0.3) is 0 Å². The van der Waals surface area contributed by atoms with Crippen LogP contribution >= 0.6 is 0 Å². The fourth-order valence-electron chi connectivity index (χ4n) is 3.52. The lowest BCUT2D eigenvalue weighted by Gasteiger charge is -2.15. The molecule has 0 saturated carbocycles. The Bertz CT molecular complexity index is 1460. The number of aromatic nitrogens is 4. The molecule has 3 N–H and O–H groups in total. The molecule has 0 saturated heterocycles. The lowest BCUT2D eigenvalue weighted by Crippen LogP contribution is -2.23. The molecule has 3 heterocycles. The third kappa shape index (κ3) is 5.21. The number of nitrogens with two attached hydrogens (primary N) is 1. The van der Waals surface area contributed by atoms with E-state index in [2.05, 4.69) is 20.2 Å². The topological polar surface area (TPSA) is 130 Å². The highest BCUT2D eigenvalue weighted by Gasteiger charge is 2.22. The third-order valence-electron chi connectivity index (χ3n) is 5.47. The number of hydrogen-bond acceptors (Lipinski definition) is 9. The Morgan fingerprint density at radius 2 is 1.69 bits per heavy atom. The van der Waals surface area contributed by atoms with Crippen LogP contribution in [0, 0.1) is 0 Å². The Morgan fingerprint density at radius 1 is 0.943 bits per heavy atom. The minimum absolute atomic E-state index is 0.0360. The Kier molecular flexibility index (Phi) is 6.92. The highest BCUT2D eigenvalue weighted by molar-refractivity contribution is 7.89. The summed E-state index contributed by atoms with van der Waals surface area (Å²) in [6.07, 6.45) is 5.00. The van der Waals surface area contributed by atoms with Gasteiger partial charge in [-0.15, -0.1) is 0 Å². The molecule has 0 spiro atoms. The van der Waals surface area contributed by atoms with Gasteiger partial charge >= 0.3 is 0 Å². The number of nitrogen functional groups attached to an aromatic ring is 1. The van der Waals surface area contributed by atoms with E-state index in [0.717, 1.165) is 38.6 Å². The molecule has 4 rings (SSSR count). The van der Waals surface area contributed by atoms with E-state index >= 15 is 0 Å². The van der Waals surface area contributed by atoms with Crippen LogP contribution < -0.4 is 11.1 Å². The molecule has 0 atom stereocenters. The summed E-state index contributed by atoms with van der Waals surface area (Å²) in [5.74, 6) is 0.491. The molecule has 0 amide bonds. The molecule has 1 aromatic carbocycles. The van der Waals surface area contributed by atoms with Crippen LogP contribution in [0.15, 0.2) is 59.9 Å². The van der Waals surface area contributed by atoms with Crippen molar-refractivity contribution in [3.8, 4) is 22.4 Å². The van der Waals surface area contributed by atoms with Gasteiger partial charge < -0.3 is 16.0 Å². The van der Waals surface area contributed by atoms with Gasteiger partial charge in [-0.05, 0) is 50.0 Å². The van der Waals surface area contributed by atoms with Crippen molar-refractivity contribution in [2.75, 3.05) is 52.3 Å². The zero-order chi connectivity index (χ0) is 25.2. The number of pyridine rings is 2. The first kappa shape index (κ1) is 24.5. The molecule has 0 bridgehead atoms.